The fraction of sp³-hybridized carbons (Fsp3) is 0.750. The minimum Gasteiger partial charge on any atom is -0.488 e. The van der Waals surface area contributed by atoms with Gasteiger partial charge in [-0.25, -0.2) is 0 Å². The summed E-state index contributed by atoms with van der Waals surface area (Å²) in [5.41, 5.74) is 0. The molecule has 0 bridgehead atoms. The van der Waals surface area contributed by atoms with Crippen molar-refractivity contribution in [1.82, 2.24) is 5.23 Å². The Bertz CT molecular complexity index is 100. The van der Waals surface area contributed by atoms with E-state index >= 15 is 0 Å². The maximum atomic E-state index is 10.1. The molecule has 0 aromatic carbocycles. The molecule has 0 radical (unpaired) electrons. The monoisotopic (exact) mass is 113 g/mol. The highest BCUT2D eigenvalue weighted by Gasteiger charge is 2.26. The molecule has 3 nitrogen and oxygen atoms in total. The molecule has 1 aliphatic rings. The molecule has 1 saturated heterocycles. The second-order valence-corrected chi connectivity index (χ2v) is 1.99. The maximum Gasteiger partial charge on any atom is 0.355 e. The first-order valence-corrected chi connectivity index (χ1v) is 2.77. The minimum absolute atomic E-state index is 0.269. The van der Waals surface area contributed by atoms with Gasteiger partial charge in [-0.1, -0.05) is 0 Å². The van der Waals surface area contributed by atoms with Gasteiger partial charge in [0, 0.05) is 0 Å². The number of nitrogens with one attached hydrogen (secondary N) is 1. The van der Waals surface area contributed by atoms with Crippen LogP contribution in [0, 0.1) is 0 Å². The van der Waals surface area contributed by atoms with Crippen LogP contribution in [0.15, 0.2) is 0 Å². The summed E-state index contributed by atoms with van der Waals surface area (Å²) in [4.78, 5) is 10.1. The molecular weight excluding hydrogens is 105 g/mol. The van der Waals surface area contributed by atoms with Gasteiger partial charge < -0.3 is 10.3 Å². The Hall–Kier alpha value is -0.505. The molecule has 1 aliphatic heterocycles. The first-order chi connectivity index (χ1) is 3.80. The fourth-order valence-electron chi connectivity index (χ4n) is 0.895. The van der Waals surface area contributed by atoms with E-state index in [0.29, 0.717) is 0 Å². The van der Waals surface area contributed by atoms with Gasteiger partial charge in [0.2, 0.25) is 0 Å². The molecule has 0 aromatic rings. The van der Waals surface area contributed by atoms with Crippen molar-refractivity contribution in [2.45, 2.75) is 12.7 Å². The zero-order valence-electron chi connectivity index (χ0n) is 4.55. The van der Waals surface area contributed by atoms with E-state index in [1.165, 1.54) is 0 Å². The summed E-state index contributed by atoms with van der Waals surface area (Å²) in [5, 5.41) is 11.2. The number of hydrogen-bond donors (Lipinski definition) is 2. The predicted molar refractivity (Wildman–Crippen MR) is 31.2 cm³/mol. The largest absolute Gasteiger partial charge is 0.488 e. The van der Waals surface area contributed by atoms with E-state index in [1.54, 1.807) is 0 Å². The van der Waals surface area contributed by atoms with Crippen LogP contribution in [0.4, 0.5) is 4.79 Å². The Morgan fingerprint density at radius 3 is 2.75 bits per heavy atom. The van der Waals surface area contributed by atoms with E-state index in [1.807, 2.05) is 0 Å². The van der Waals surface area contributed by atoms with E-state index in [4.69, 9.17) is 5.11 Å². The highest BCUT2D eigenvalue weighted by molar-refractivity contribution is 6.86. The Labute approximate surface area is 48.2 Å². The lowest BCUT2D eigenvalue weighted by Crippen LogP contribution is -2.34. The van der Waals surface area contributed by atoms with Crippen LogP contribution in [0.3, 0.4) is 0 Å². The average Bonchev–Trinajstić information content (AvgIpc) is 2.12. The van der Waals surface area contributed by atoms with Gasteiger partial charge in [0.05, 0.1) is 0 Å². The third kappa shape index (κ3) is 1.01. The van der Waals surface area contributed by atoms with Crippen molar-refractivity contribution >= 4 is 12.7 Å². The summed E-state index contributed by atoms with van der Waals surface area (Å²) in [6.07, 6.45) is 1.78. The summed E-state index contributed by atoms with van der Waals surface area (Å²) in [7, 11) is 0. The second-order valence-electron chi connectivity index (χ2n) is 1.99. The molecule has 0 unspecified atom stereocenters. The molecule has 1 heterocycles. The molecule has 2 N–H and O–H groups in total. The first kappa shape index (κ1) is 5.63. The summed E-state index contributed by atoms with van der Waals surface area (Å²) in [5.74, 6) is -0.720. The van der Waals surface area contributed by atoms with Crippen LogP contribution in [0.5, 0.6) is 0 Å². The summed E-state index contributed by atoms with van der Waals surface area (Å²) >= 11 is 0. The van der Waals surface area contributed by atoms with Crippen LogP contribution in [0.2, 0.25) is 6.32 Å². The van der Waals surface area contributed by atoms with Crippen molar-refractivity contribution in [3.63, 3.8) is 0 Å². The van der Waals surface area contributed by atoms with E-state index in [0.717, 1.165) is 19.3 Å². The lowest BCUT2D eigenvalue weighted by molar-refractivity contribution is 0.218. The topological polar surface area (TPSA) is 49.3 Å². The van der Waals surface area contributed by atoms with Gasteiger partial charge in [-0.3, -0.25) is 4.79 Å². The molecular formula is C4H8BNO2. The van der Waals surface area contributed by atoms with Crippen molar-refractivity contribution in [3.05, 3.63) is 0 Å². The molecule has 4 heteroatoms. The van der Waals surface area contributed by atoms with Crippen LogP contribution in [0.25, 0.3) is 0 Å². The Morgan fingerprint density at radius 2 is 2.50 bits per heavy atom. The zero-order chi connectivity index (χ0) is 5.98. The van der Waals surface area contributed by atoms with Crippen molar-refractivity contribution in [2.24, 2.45) is 0 Å². The van der Waals surface area contributed by atoms with Crippen molar-refractivity contribution in [3.8, 4) is 0 Å². The number of hydrogen-bond acceptors (Lipinski definition) is 2. The third-order valence-electron chi connectivity index (χ3n) is 1.36. The van der Waals surface area contributed by atoms with Gasteiger partial charge in [-0.15, -0.1) is 0 Å². The Kier molecular flexibility index (Phi) is 1.53. The van der Waals surface area contributed by atoms with E-state index < -0.39 is 5.87 Å². The minimum atomic E-state index is -0.720. The summed E-state index contributed by atoms with van der Waals surface area (Å²) in [6, 6.07) is 0. The van der Waals surface area contributed by atoms with E-state index in [9.17, 15) is 4.79 Å². The zero-order valence-corrected chi connectivity index (χ0v) is 4.55. The molecule has 8 heavy (non-hydrogen) atoms. The fourth-order valence-corrected chi connectivity index (χ4v) is 0.895. The van der Waals surface area contributed by atoms with Gasteiger partial charge >= 0.3 is 6.85 Å². The quantitative estimate of drug-likeness (QED) is 0.478. The van der Waals surface area contributed by atoms with Gasteiger partial charge in [0.15, 0.2) is 0 Å². The Morgan fingerprint density at radius 1 is 1.75 bits per heavy atom. The first-order valence-electron chi connectivity index (χ1n) is 2.77. The molecule has 0 atom stereocenters. The average molecular weight is 113 g/mol. The molecule has 0 aromatic heterocycles. The molecule has 0 saturated carbocycles. The van der Waals surface area contributed by atoms with Crippen molar-refractivity contribution in [1.29, 1.82) is 0 Å². The third-order valence-corrected chi connectivity index (χ3v) is 1.36. The van der Waals surface area contributed by atoms with Crippen LogP contribution in [-0.4, -0.2) is 24.4 Å². The van der Waals surface area contributed by atoms with Gasteiger partial charge in [0.1, 0.15) is 0 Å². The van der Waals surface area contributed by atoms with Gasteiger partial charge in [-0.05, 0) is 19.3 Å². The predicted octanol–water partition coefficient (Wildman–Crippen LogP) is 0.231. The molecule has 1 fully saturated rings. The highest BCUT2D eigenvalue weighted by Crippen LogP contribution is 2.02. The smallest absolute Gasteiger partial charge is 0.355 e. The number of rotatable bonds is 1. The van der Waals surface area contributed by atoms with E-state index in [-0.39, 0.29) is 6.85 Å². The second kappa shape index (κ2) is 2.18. The number of carboxylic acid groups (broad SMARTS) is 1. The van der Waals surface area contributed by atoms with E-state index in [2.05, 4.69) is 5.23 Å². The molecule has 1 rings (SSSR count). The van der Waals surface area contributed by atoms with Crippen LogP contribution in [-0.2, 0) is 0 Å². The molecule has 0 spiro atoms. The molecule has 0 amide bonds. The van der Waals surface area contributed by atoms with Crippen molar-refractivity contribution < 1.29 is 9.90 Å². The standard InChI is InChI=1S/C4H8BNO2/c7-4(8)5-2-1-3-6-5/h6H,1-3H2,(H,7,8). The summed E-state index contributed by atoms with van der Waals surface area (Å²) in [6.45, 7) is 0.590. The van der Waals surface area contributed by atoms with Crippen LogP contribution >= 0.6 is 0 Å². The van der Waals surface area contributed by atoms with Gasteiger partial charge in [0.25, 0.3) is 5.87 Å². The molecule has 0 aliphatic carbocycles. The van der Waals surface area contributed by atoms with Crippen molar-refractivity contribution in [2.75, 3.05) is 6.54 Å². The van der Waals surface area contributed by atoms with Gasteiger partial charge in [-0.2, -0.15) is 0 Å². The Balaban J connectivity index is 2.35. The maximum absolute atomic E-state index is 10.1. The lowest BCUT2D eigenvalue weighted by atomic mass is 9.62. The highest BCUT2D eigenvalue weighted by atomic mass is 16.4. The molecule has 44 valence electrons. The van der Waals surface area contributed by atoms with Crippen LogP contribution < -0.4 is 5.23 Å². The van der Waals surface area contributed by atoms with Crippen LogP contribution in [0.1, 0.15) is 6.42 Å². The number of carbonyl (C=O) groups is 1. The lowest BCUT2D eigenvalue weighted by Gasteiger charge is -1.93. The summed E-state index contributed by atoms with van der Waals surface area (Å²) < 4.78 is 0. The normalized spacial score (nSPS) is 19.2. The SMILES string of the molecule is O=C(O)B1CCCN1.